The van der Waals surface area contributed by atoms with Gasteiger partial charge in [0.1, 0.15) is 0 Å². The summed E-state index contributed by atoms with van der Waals surface area (Å²) in [6.07, 6.45) is 1.07. The Kier molecular flexibility index (Phi) is 5.03. The first-order valence-corrected chi connectivity index (χ1v) is 7.95. The van der Waals surface area contributed by atoms with Crippen LogP contribution in [0.25, 0.3) is 0 Å². The molecule has 1 atom stereocenters. The van der Waals surface area contributed by atoms with Gasteiger partial charge in [-0.05, 0) is 18.2 Å². The van der Waals surface area contributed by atoms with Gasteiger partial charge in [0.05, 0.1) is 16.0 Å². The molecule has 7 heteroatoms. The standard InChI is InChI=1S/C13H12ClNO4S/c1-3-12(16)10(7-15)13(17)9-5-4-8(6-11(9)14)20(2,18)19/h4-6,10H,3H2,1-2H3. The average Bonchev–Trinajstić information content (AvgIpc) is 2.37. The number of nitrogens with zero attached hydrogens (tertiary/aromatic N) is 1. The van der Waals surface area contributed by atoms with E-state index in [4.69, 9.17) is 16.9 Å². The van der Waals surface area contributed by atoms with Crippen molar-refractivity contribution in [1.29, 1.82) is 5.26 Å². The van der Waals surface area contributed by atoms with E-state index in [1.165, 1.54) is 12.1 Å². The number of sulfone groups is 1. The van der Waals surface area contributed by atoms with Gasteiger partial charge in [0, 0.05) is 18.2 Å². The molecule has 0 aromatic heterocycles. The van der Waals surface area contributed by atoms with Crippen molar-refractivity contribution >= 4 is 33.0 Å². The maximum atomic E-state index is 12.1. The summed E-state index contributed by atoms with van der Waals surface area (Å²) in [6, 6.07) is 5.22. The van der Waals surface area contributed by atoms with Gasteiger partial charge in [0.2, 0.25) is 0 Å². The molecule has 0 aliphatic carbocycles. The number of ketones is 2. The van der Waals surface area contributed by atoms with Crippen molar-refractivity contribution in [3.63, 3.8) is 0 Å². The van der Waals surface area contributed by atoms with E-state index in [1.807, 2.05) is 0 Å². The van der Waals surface area contributed by atoms with Gasteiger partial charge in [-0.3, -0.25) is 9.59 Å². The van der Waals surface area contributed by atoms with Crippen LogP contribution in [0.1, 0.15) is 23.7 Å². The van der Waals surface area contributed by atoms with Crippen LogP contribution in [0.2, 0.25) is 5.02 Å². The Balaban J connectivity index is 3.26. The number of carbonyl (C=O) groups excluding carboxylic acids is 2. The zero-order valence-corrected chi connectivity index (χ0v) is 12.5. The quantitative estimate of drug-likeness (QED) is 0.612. The van der Waals surface area contributed by atoms with Gasteiger partial charge in [-0.2, -0.15) is 5.26 Å². The van der Waals surface area contributed by atoms with Crippen LogP contribution >= 0.6 is 11.6 Å². The van der Waals surface area contributed by atoms with Crippen molar-refractivity contribution in [1.82, 2.24) is 0 Å². The molecule has 0 aliphatic heterocycles. The number of Topliss-reactive ketones (excluding diaryl/α,β-unsaturated/α-hetero) is 2. The number of hydrogen-bond donors (Lipinski definition) is 0. The summed E-state index contributed by atoms with van der Waals surface area (Å²) in [4.78, 5) is 23.6. The second-order valence-corrected chi connectivity index (χ2v) is 6.58. The highest BCUT2D eigenvalue weighted by Crippen LogP contribution is 2.24. The topological polar surface area (TPSA) is 92.1 Å². The lowest BCUT2D eigenvalue weighted by Crippen LogP contribution is -2.22. The third-order valence-corrected chi connectivity index (χ3v) is 4.12. The van der Waals surface area contributed by atoms with Gasteiger partial charge in [0.25, 0.3) is 0 Å². The lowest BCUT2D eigenvalue weighted by molar-refractivity contribution is -0.119. The molecule has 0 spiro atoms. The van der Waals surface area contributed by atoms with E-state index in [-0.39, 0.29) is 21.9 Å². The van der Waals surface area contributed by atoms with E-state index in [9.17, 15) is 18.0 Å². The number of hydrogen-bond acceptors (Lipinski definition) is 5. The van der Waals surface area contributed by atoms with Crippen molar-refractivity contribution in [2.45, 2.75) is 18.2 Å². The fourth-order valence-corrected chi connectivity index (χ4v) is 2.55. The highest BCUT2D eigenvalue weighted by Gasteiger charge is 2.27. The molecule has 1 unspecified atom stereocenters. The second-order valence-electron chi connectivity index (χ2n) is 4.16. The number of rotatable bonds is 5. The minimum atomic E-state index is -3.44. The van der Waals surface area contributed by atoms with Crippen molar-refractivity contribution in [2.24, 2.45) is 5.92 Å². The van der Waals surface area contributed by atoms with Crippen LogP contribution in [0.15, 0.2) is 23.1 Å². The second kappa shape index (κ2) is 6.16. The summed E-state index contributed by atoms with van der Waals surface area (Å²) in [6.45, 7) is 1.55. The minimum Gasteiger partial charge on any atom is -0.298 e. The van der Waals surface area contributed by atoms with Gasteiger partial charge in [-0.15, -0.1) is 0 Å². The molecule has 0 saturated heterocycles. The Morgan fingerprint density at radius 2 is 2.00 bits per heavy atom. The predicted molar refractivity (Wildman–Crippen MR) is 73.3 cm³/mol. The lowest BCUT2D eigenvalue weighted by Gasteiger charge is -2.08. The van der Waals surface area contributed by atoms with E-state index in [1.54, 1.807) is 13.0 Å². The van der Waals surface area contributed by atoms with Gasteiger partial charge >= 0.3 is 0 Å². The zero-order valence-electron chi connectivity index (χ0n) is 10.9. The summed E-state index contributed by atoms with van der Waals surface area (Å²) >= 11 is 5.87. The van der Waals surface area contributed by atoms with Crippen LogP contribution in [-0.4, -0.2) is 26.2 Å². The molecule has 0 aliphatic rings. The molecule has 0 radical (unpaired) electrons. The fourth-order valence-electron chi connectivity index (χ4n) is 1.56. The SMILES string of the molecule is CCC(=O)C(C#N)C(=O)c1ccc(S(C)(=O)=O)cc1Cl. The fraction of sp³-hybridized carbons (Fsp3) is 0.308. The third-order valence-electron chi connectivity index (χ3n) is 2.70. The number of carbonyl (C=O) groups is 2. The smallest absolute Gasteiger partial charge is 0.189 e. The highest BCUT2D eigenvalue weighted by atomic mass is 35.5. The molecule has 0 fully saturated rings. The van der Waals surface area contributed by atoms with E-state index in [0.717, 1.165) is 12.3 Å². The first-order chi connectivity index (χ1) is 9.22. The van der Waals surface area contributed by atoms with Gasteiger partial charge in [0.15, 0.2) is 27.3 Å². The largest absolute Gasteiger partial charge is 0.298 e. The maximum Gasteiger partial charge on any atom is 0.189 e. The van der Waals surface area contributed by atoms with Crippen LogP contribution in [0.4, 0.5) is 0 Å². The van der Waals surface area contributed by atoms with Crippen LogP contribution < -0.4 is 0 Å². The monoisotopic (exact) mass is 313 g/mol. The molecule has 0 heterocycles. The molecule has 0 N–H and O–H groups in total. The molecule has 0 amide bonds. The number of benzene rings is 1. The normalized spacial score (nSPS) is 12.5. The summed E-state index contributed by atoms with van der Waals surface area (Å²) < 4.78 is 22.7. The van der Waals surface area contributed by atoms with Gasteiger partial charge < -0.3 is 0 Å². The lowest BCUT2D eigenvalue weighted by atomic mass is 9.94. The van der Waals surface area contributed by atoms with Crippen LogP contribution in [0, 0.1) is 17.2 Å². The molecule has 106 valence electrons. The van der Waals surface area contributed by atoms with Crippen molar-refractivity contribution < 1.29 is 18.0 Å². The molecule has 20 heavy (non-hydrogen) atoms. The zero-order chi connectivity index (χ0) is 15.5. The van der Waals surface area contributed by atoms with E-state index >= 15 is 0 Å². The van der Waals surface area contributed by atoms with Crippen LogP contribution in [-0.2, 0) is 14.6 Å². The molecule has 5 nitrogen and oxygen atoms in total. The highest BCUT2D eigenvalue weighted by molar-refractivity contribution is 7.90. The molecule has 0 saturated carbocycles. The average molecular weight is 314 g/mol. The van der Waals surface area contributed by atoms with Crippen LogP contribution in [0.3, 0.4) is 0 Å². The van der Waals surface area contributed by atoms with Crippen LogP contribution in [0.5, 0.6) is 0 Å². The maximum absolute atomic E-state index is 12.1. The van der Waals surface area contributed by atoms with Crippen molar-refractivity contribution in [3.8, 4) is 6.07 Å². The summed E-state index contributed by atoms with van der Waals surface area (Å²) in [5.41, 5.74) is -0.0348. The first-order valence-electron chi connectivity index (χ1n) is 5.68. The summed E-state index contributed by atoms with van der Waals surface area (Å²) in [7, 11) is -3.44. The number of nitriles is 1. The minimum absolute atomic E-state index is 0.0330. The molecule has 1 aromatic carbocycles. The Hall–Kier alpha value is -1.71. The van der Waals surface area contributed by atoms with E-state index in [2.05, 4.69) is 0 Å². The molecule has 1 rings (SSSR count). The molecule has 0 bridgehead atoms. The van der Waals surface area contributed by atoms with Crippen molar-refractivity contribution in [2.75, 3.05) is 6.26 Å². The van der Waals surface area contributed by atoms with Gasteiger partial charge in [-0.1, -0.05) is 18.5 Å². The molecular formula is C13H12ClNO4S. The Bertz CT molecular complexity index is 704. The third kappa shape index (κ3) is 3.44. The predicted octanol–water partition coefficient (Wildman–Crippen LogP) is 2.05. The Morgan fingerprint density at radius 3 is 2.40 bits per heavy atom. The summed E-state index contributed by atoms with van der Waals surface area (Å²) in [5, 5.41) is 8.81. The van der Waals surface area contributed by atoms with E-state index in [0.29, 0.717) is 0 Å². The Labute approximate surface area is 122 Å². The van der Waals surface area contributed by atoms with Crippen molar-refractivity contribution in [3.05, 3.63) is 28.8 Å². The summed E-state index contributed by atoms with van der Waals surface area (Å²) in [5.74, 6) is -2.63. The Morgan fingerprint density at radius 1 is 1.40 bits per heavy atom. The number of halogens is 1. The van der Waals surface area contributed by atoms with Gasteiger partial charge in [-0.25, -0.2) is 8.42 Å². The molecular weight excluding hydrogens is 302 g/mol. The molecule has 1 aromatic rings. The van der Waals surface area contributed by atoms with E-state index < -0.39 is 27.3 Å². The first kappa shape index (κ1) is 16.3.